The maximum Gasteiger partial charge on any atom is 0.224 e. The summed E-state index contributed by atoms with van der Waals surface area (Å²) < 4.78 is 0. The summed E-state index contributed by atoms with van der Waals surface area (Å²) in [6, 6.07) is 5.13. The van der Waals surface area contributed by atoms with Crippen molar-refractivity contribution in [3.63, 3.8) is 0 Å². The first-order valence-electron chi connectivity index (χ1n) is 6.28. The Balaban J connectivity index is 2.69. The molecule has 0 saturated carbocycles. The van der Waals surface area contributed by atoms with Crippen LogP contribution in [0.2, 0.25) is 10.0 Å². The molecule has 19 heavy (non-hydrogen) atoms. The van der Waals surface area contributed by atoms with Crippen LogP contribution in [0.1, 0.15) is 25.8 Å². The zero-order valence-electron chi connectivity index (χ0n) is 11.1. The molecule has 0 aliphatic rings. The number of amides is 1. The van der Waals surface area contributed by atoms with E-state index in [2.05, 4.69) is 5.32 Å². The Hall–Kier alpha value is -0.770. The maximum absolute atomic E-state index is 12.0. The molecular formula is C14H19Cl2NO2. The summed E-state index contributed by atoms with van der Waals surface area (Å²) >= 11 is 12.1. The molecule has 1 atom stereocenters. The first kappa shape index (κ1) is 16.3. The molecule has 106 valence electrons. The van der Waals surface area contributed by atoms with Crippen LogP contribution in [0.5, 0.6) is 0 Å². The highest BCUT2D eigenvalue weighted by Gasteiger charge is 2.17. The van der Waals surface area contributed by atoms with Gasteiger partial charge in [-0.1, -0.05) is 43.1 Å². The summed E-state index contributed by atoms with van der Waals surface area (Å²) in [5.74, 6) is 0.125. The van der Waals surface area contributed by atoms with E-state index in [1.807, 2.05) is 13.8 Å². The second kappa shape index (κ2) is 7.73. The highest BCUT2D eigenvalue weighted by atomic mass is 35.5. The Kier molecular flexibility index (Phi) is 6.63. The summed E-state index contributed by atoms with van der Waals surface area (Å²) in [5, 5.41) is 12.9. The molecule has 0 spiro atoms. The fourth-order valence-corrected chi connectivity index (χ4v) is 2.36. The lowest BCUT2D eigenvalue weighted by Gasteiger charge is -2.21. The van der Waals surface area contributed by atoms with Crippen LogP contribution in [-0.2, 0) is 11.2 Å². The van der Waals surface area contributed by atoms with Crippen molar-refractivity contribution in [1.29, 1.82) is 0 Å². The molecule has 0 saturated heterocycles. The summed E-state index contributed by atoms with van der Waals surface area (Å²) in [4.78, 5) is 12.0. The molecule has 1 rings (SSSR count). The van der Waals surface area contributed by atoms with Crippen LogP contribution in [0.25, 0.3) is 0 Å². The number of rotatable bonds is 6. The average molecular weight is 304 g/mol. The number of halogens is 2. The highest BCUT2D eigenvalue weighted by Crippen LogP contribution is 2.24. The first-order valence-corrected chi connectivity index (χ1v) is 7.04. The first-order chi connectivity index (χ1) is 8.95. The van der Waals surface area contributed by atoms with Crippen LogP contribution >= 0.6 is 23.2 Å². The van der Waals surface area contributed by atoms with Crippen LogP contribution < -0.4 is 5.32 Å². The minimum Gasteiger partial charge on any atom is -0.396 e. The molecule has 5 heteroatoms. The smallest absolute Gasteiger partial charge is 0.224 e. The molecule has 0 bridgehead atoms. The van der Waals surface area contributed by atoms with E-state index >= 15 is 0 Å². The van der Waals surface area contributed by atoms with E-state index in [9.17, 15) is 4.79 Å². The number of benzene rings is 1. The molecule has 1 aromatic rings. The lowest BCUT2D eigenvalue weighted by molar-refractivity contribution is -0.121. The molecule has 3 nitrogen and oxygen atoms in total. The monoisotopic (exact) mass is 303 g/mol. The predicted octanol–water partition coefficient (Wildman–Crippen LogP) is 3.06. The van der Waals surface area contributed by atoms with Crippen molar-refractivity contribution in [3.8, 4) is 0 Å². The van der Waals surface area contributed by atoms with Crippen LogP contribution in [0.3, 0.4) is 0 Å². The van der Waals surface area contributed by atoms with Gasteiger partial charge in [0.05, 0.1) is 6.42 Å². The molecule has 1 unspecified atom stereocenters. The molecule has 0 heterocycles. The topological polar surface area (TPSA) is 49.3 Å². The molecule has 0 aromatic heterocycles. The van der Waals surface area contributed by atoms with Gasteiger partial charge in [0.1, 0.15) is 0 Å². The summed E-state index contributed by atoms with van der Waals surface area (Å²) in [7, 11) is 0. The second-order valence-corrected chi connectivity index (χ2v) is 5.62. The molecule has 1 amide bonds. The number of carbonyl (C=O) groups excluding carboxylic acids is 1. The van der Waals surface area contributed by atoms with Crippen molar-refractivity contribution in [1.82, 2.24) is 5.32 Å². The van der Waals surface area contributed by atoms with Gasteiger partial charge in [0.15, 0.2) is 0 Å². The Bertz CT molecular complexity index is 415. The Morgan fingerprint density at radius 2 is 1.89 bits per heavy atom. The maximum atomic E-state index is 12.0. The lowest BCUT2D eigenvalue weighted by atomic mass is 10.0. The minimum atomic E-state index is -0.137. The van der Waals surface area contributed by atoms with Gasteiger partial charge in [-0.05, 0) is 30.0 Å². The molecule has 1 aromatic carbocycles. The van der Waals surface area contributed by atoms with Gasteiger partial charge < -0.3 is 10.4 Å². The number of aliphatic hydroxyl groups is 1. The van der Waals surface area contributed by atoms with Crippen molar-refractivity contribution in [2.24, 2.45) is 5.92 Å². The fraction of sp³-hybridized carbons (Fsp3) is 0.500. The third-order valence-corrected chi connectivity index (χ3v) is 3.70. The van der Waals surface area contributed by atoms with Crippen molar-refractivity contribution in [2.45, 2.75) is 32.7 Å². The number of hydrogen-bond acceptors (Lipinski definition) is 2. The van der Waals surface area contributed by atoms with E-state index in [-0.39, 0.29) is 30.9 Å². The van der Waals surface area contributed by atoms with Crippen molar-refractivity contribution >= 4 is 29.1 Å². The van der Waals surface area contributed by atoms with E-state index in [1.54, 1.807) is 18.2 Å². The molecule has 0 aliphatic carbocycles. The average Bonchev–Trinajstić information content (AvgIpc) is 2.33. The van der Waals surface area contributed by atoms with Gasteiger partial charge in [-0.15, -0.1) is 0 Å². The number of hydrogen-bond donors (Lipinski definition) is 2. The fourth-order valence-electron chi connectivity index (χ4n) is 1.83. The van der Waals surface area contributed by atoms with Crippen molar-refractivity contribution in [2.75, 3.05) is 6.61 Å². The largest absolute Gasteiger partial charge is 0.396 e. The zero-order valence-corrected chi connectivity index (χ0v) is 12.6. The Morgan fingerprint density at radius 1 is 1.32 bits per heavy atom. The van der Waals surface area contributed by atoms with Gasteiger partial charge in [0.2, 0.25) is 5.91 Å². The van der Waals surface area contributed by atoms with Crippen LogP contribution in [0, 0.1) is 5.92 Å². The van der Waals surface area contributed by atoms with E-state index in [0.29, 0.717) is 22.0 Å². The van der Waals surface area contributed by atoms with Gasteiger partial charge in [-0.3, -0.25) is 4.79 Å². The zero-order chi connectivity index (χ0) is 14.4. The predicted molar refractivity (Wildman–Crippen MR) is 78.6 cm³/mol. The molecule has 2 N–H and O–H groups in total. The van der Waals surface area contributed by atoms with E-state index in [0.717, 1.165) is 0 Å². The molecule has 0 radical (unpaired) electrons. The second-order valence-electron chi connectivity index (χ2n) is 4.81. The van der Waals surface area contributed by atoms with Crippen LogP contribution in [0.4, 0.5) is 0 Å². The normalized spacial score (nSPS) is 12.5. The third-order valence-electron chi connectivity index (χ3n) is 2.99. The number of aliphatic hydroxyl groups excluding tert-OH is 1. The van der Waals surface area contributed by atoms with E-state index in [1.165, 1.54) is 0 Å². The summed E-state index contributed by atoms with van der Waals surface area (Å²) in [5.41, 5.74) is 0.634. The SMILES string of the molecule is CC(C)C(CCO)NC(=O)Cc1c(Cl)cccc1Cl. The van der Waals surface area contributed by atoms with Crippen molar-refractivity contribution < 1.29 is 9.90 Å². The molecular weight excluding hydrogens is 285 g/mol. The van der Waals surface area contributed by atoms with Crippen LogP contribution in [0.15, 0.2) is 18.2 Å². The van der Waals surface area contributed by atoms with Crippen molar-refractivity contribution in [3.05, 3.63) is 33.8 Å². The lowest BCUT2D eigenvalue weighted by Crippen LogP contribution is -2.40. The number of carbonyl (C=O) groups is 1. The Labute approximate surface area is 123 Å². The van der Waals surface area contributed by atoms with Gasteiger partial charge >= 0.3 is 0 Å². The summed E-state index contributed by atoms with van der Waals surface area (Å²) in [6.07, 6.45) is 0.687. The minimum absolute atomic E-state index is 0.0428. The Morgan fingerprint density at radius 3 is 2.37 bits per heavy atom. The van der Waals surface area contributed by atoms with E-state index in [4.69, 9.17) is 28.3 Å². The molecule has 0 aliphatic heterocycles. The number of nitrogens with one attached hydrogen (secondary N) is 1. The van der Waals surface area contributed by atoms with Gasteiger partial charge in [-0.2, -0.15) is 0 Å². The van der Waals surface area contributed by atoms with Crippen LogP contribution in [-0.4, -0.2) is 23.7 Å². The third kappa shape index (κ3) is 5.01. The molecule has 0 fully saturated rings. The van der Waals surface area contributed by atoms with Gasteiger partial charge in [0, 0.05) is 22.7 Å². The van der Waals surface area contributed by atoms with Gasteiger partial charge in [0.25, 0.3) is 0 Å². The van der Waals surface area contributed by atoms with Gasteiger partial charge in [-0.25, -0.2) is 0 Å². The quantitative estimate of drug-likeness (QED) is 0.848. The highest BCUT2D eigenvalue weighted by molar-refractivity contribution is 6.36. The van der Waals surface area contributed by atoms with E-state index < -0.39 is 0 Å². The standard InChI is InChI=1S/C14H19Cl2NO2/c1-9(2)13(6-7-18)17-14(19)8-10-11(15)4-3-5-12(10)16/h3-5,9,13,18H,6-8H2,1-2H3,(H,17,19). The summed E-state index contributed by atoms with van der Waals surface area (Å²) in [6.45, 7) is 4.06.